The Morgan fingerprint density at radius 2 is 1.85 bits per heavy atom. The van der Waals surface area contributed by atoms with Crippen LogP contribution in [0.5, 0.6) is 5.75 Å². The van der Waals surface area contributed by atoms with Crippen LogP contribution in [0.1, 0.15) is 23.2 Å². The lowest BCUT2D eigenvalue weighted by molar-refractivity contribution is -0.138. The minimum absolute atomic E-state index is 0.00170. The molecule has 1 amide bonds. The van der Waals surface area contributed by atoms with Crippen molar-refractivity contribution >= 4 is 33.5 Å². The summed E-state index contributed by atoms with van der Waals surface area (Å²) in [6, 6.07) is 8.47. The maximum absolute atomic E-state index is 15.0. The van der Waals surface area contributed by atoms with Crippen LogP contribution in [0.4, 0.5) is 16.0 Å². The van der Waals surface area contributed by atoms with Gasteiger partial charge in [0.05, 0.1) is 10.6 Å². The average molecular weight is 559 g/mol. The van der Waals surface area contributed by atoms with Crippen molar-refractivity contribution in [3.05, 3.63) is 72.3 Å². The maximum atomic E-state index is 15.0. The Bertz CT molecular complexity index is 1420. The number of aromatic nitrogens is 2. The molecule has 2 heterocycles. The first-order chi connectivity index (χ1) is 18.6. The van der Waals surface area contributed by atoms with Gasteiger partial charge in [0.25, 0.3) is 5.91 Å². The van der Waals surface area contributed by atoms with E-state index >= 15 is 4.39 Å². The van der Waals surface area contributed by atoms with Crippen molar-refractivity contribution in [1.29, 1.82) is 0 Å². The van der Waals surface area contributed by atoms with Crippen molar-refractivity contribution in [2.75, 3.05) is 29.9 Å². The molecule has 39 heavy (non-hydrogen) atoms. The standard InChI is InChI=1S/C25H27FN6O6S/c26-20-13-16(4-9-22(20)32-12-1-3-17(15-32)30-25-27-10-2-11-28-25)23(34)29-14-21(24(35)36)31-39(37,38)19-7-5-18(33)6-8-19/h2,4-11,13,17,21,31,33H,1,3,12,14-15H2,(H,29,34)(H,35,36)(H,27,28,30)/t17-,21-/m0/s1. The molecule has 1 saturated heterocycles. The Kier molecular flexibility index (Phi) is 8.56. The number of rotatable bonds is 10. The molecule has 1 fully saturated rings. The molecule has 0 unspecified atom stereocenters. The number of phenols is 1. The predicted octanol–water partition coefficient (Wildman–Crippen LogP) is 1.56. The molecular weight excluding hydrogens is 531 g/mol. The second-order valence-corrected chi connectivity index (χ2v) is 10.6. The Balaban J connectivity index is 1.37. The second kappa shape index (κ2) is 12.0. The summed E-state index contributed by atoms with van der Waals surface area (Å²) in [5.74, 6) is -2.58. The third-order valence-corrected chi connectivity index (χ3v) is 7.57. The van der Waals surface area contributed by atoms with Gasteiger partial charge in [-0.1, -0.05) is 0 Å². The van der Waals surface area contributed by atoms with Gasteiger partial charge in [0.2, 0.25) is 16.0 Å². The number of amides is 1. The van der Waals surface area contributed by atoms with Crippen LogP contribution in [0.15, 0.2) is 65.8 Å². The van der Waals surface area contributed by atoms with E-state index < -0.39 is 40.3 Å². The van der Waals surface area contributed by atoms with E-state index in [2.05, 4.69) is 20.6 Å². The number of hydrogen-bond acceptors (Lipinski definition) is 9. The average Bonchev–Trinajstić information content (AvgIpc) is 2.91. The lowest BCUT2D eigenvalue weighted by Gasteiger charge is -2.35. The first-order valence-electron chi connectivity index (χ1n) is 12.0. The molecule has 2 aromatic carbocycles. The van der Waals surface area contributed by atoms with Crippen LogP contribution in [0.25, 0.3) is 0 Å². The molecule has 0 aliphatic carbocycles. The van der Waals surface area contributed by atoms with Crippen molar-refractivity contribution in [2.24, 2.45) is 0 Å². The number of nitrogens with zero attached hydrogens (tertiary/aromatic N) is 3. The Hall–Kier alpha value is -4.30. The maximum Gasteiger partial charge on any atom is 0.323 e. The number of nitrogens with one attached hydrogen (secondary N) is 3. The SMILES string of the molecule is O=C(NC[C@H](NS(=O)(=O)c1ccc(O)cc1)C(=O)O)c1ccc(N2CCC[C@H](Nc3ncccn3)C2)c(F)c1. The number of aliphatic carboxylic acids is 1. The molecule has 0 radical (unpaired) electrons. The van der Waals surface area contributed by atoms with Crippen molar-refractivity contribution in [1.82, 2.24) is 20.0 Å². The number of piperidine rings is 1. The van der Waals surface area contributed by atoms with E-state index in [0.29, 0.717) is 24.7 Å². The van der Waals surface area contributed by atoms with Gasteiger partial charge in [-0.3, -0.25) is 9.59 Å². The Labute approximate surface area is 224 Å². The molecule has 4 rings (SSSR count). The van der Waals surface area contributed by atoms with E-state index in [0.717, 1.165) is 43.2 Å². The fraction of sp³-hybridized carbons (Fsp3) is 0.280. The molecule has 0 saturated carbocycles. The molecule has 12 nitrogen and oxygen atoms in total. The molecule has 1 aromatic heterocycles. The van der Waals surface area contributed by atoms with Gasteiger partial charge < -0.3 is 25.7 Å². The van der Waals surface area contributed by atoms with Crippen LogP contribution in [0.2, 0.25) is 0 Å². The molecule has 2 atom stereocenters. The first kappa shape index (κ1) is 27.7. The van der Waals surface area contributed by atoms with Crippen molar-refractivity contribution in [3.8, 4) is 5.75 Å². The number of carboxylic acids is 1. The number of aromatic hydroxyl groups is 1. The lowest BCUT2D eigenvalue weighted by Crippen LogP contribution is -2.48. The third kappa shape index (κ3) is 7.18. The Morgan fingerprint density at radius 3 is 2.51 bits per heavy atom. The third-order valence-electron chi connectivity index (χ3n) is 6.08. The molecule has 0 spiro atoms. The van der Waals surface area contributed by atoms with E-state index in [9.17, 15) is 28.2 Å². The van der Waals surface area contributed by atoms with Crippen LogP contribution in [0.3, 0.4) is 0 Å². The van der Waals surface area contributed by atoms with E-state index in [4.69, 9.17) is 0 Å². The fourth-order valence-corrected chi connectivity index (χ4v) is 5.32. The van der Waals surface area contributed by atoms with E-state index in [-0.39, 0.29) is 22.3 Å². The number of carbonyl (C=O) groups is 2. The van der Waals surface area contributed by atoms with Crippen LogP contribution in [0, 0.1) is 5.82 Å². The van der Waals surface area contributed by atoms with Gasteiger partial charge in [0.15, 0.2) is 0 Å². The molecule has 1 aliphatic heterocycles. The molecule has 5 N–H and O–H groups in total. The number of anilines is 2. The lowest BCUT2D eigenvalue weighted by atomic mass is 10.0. The zero-order valence-electron chi connectivity index (χ0n) is 20.6. The summed E-state index contributed by atoms with van der Waals surface area (Å²) in [4.78, 5) is 34.2. The van der Waals surface area contributed by atoms with Crippen LogP contribution >= 0.6 is 0 Å². The highest BCUT2D eigenvalue weighted by Gasteiger charge is 2.27. The molecule has 206 valence electrons. The number of hydrogen-bond donors (Lipinski definition) is 5. The van der Waals surface area contributed by atoms with Crippen molar-refractivity contribution in [2.45, 2.75) is 29.8 Å². The minimum Gasteiger partial charge on any atom is -0.508 e. The predicted molar refractivity (Wildman–Crippen MR) is 139 cm³/mol. The molecule has 14 heteroatoms. The van der Waals surface area contributed by atoms with Crippen molar-refractivity contribution < 1.29 is 32.6 Å². The fourth-order valence-electron chi connectivity index (χ4n) is 4.13. The summed E-state index contributed by atoms with van der Waals surface area (Å²) >= 11 is 0. The molecular formula is C25H27FN6O6S. The topological polar surface area (TPSA) is 174 Å². The highest BCUT2D eigenvalue weighted by molar-refractivity contribution is 7.89. The summed E-state index contributed by atoms with van der Waals surface area (Å²) in [7, 11) is -4.25. The number of carbonyl (C=O) groups excluding carboxylic acids is 1. The van der Waals surface area contributed by atoms with Gasteiger partial charge in [-0.25, -0.2) is 22.8 Å². The second-order valence-electron chi connectivity index (χ2n) is 8.88. The van der Waals surface area contributed by atoms with Crippen LogP contribution < -0.4 is 20.3 Å². The van der Waals surface area contributed by atoms with Crippen LogP contribution in [-0.4, -0.2) is 72.2 Å². The van der Waals surface area contributed by atoms with Gasteiger partial charge in [0, 0.05) is 43.6 Å². The summed E-state index contributed by atoms with van der Waals surface area (Å²) < 4.78 is 42.0. The molecule has 1 aliphatic rings. The number of sulfonamides is 1. The zero-order valence-corrected chi connectivity index (χ0v) is 21.4. The van der Waals surface area contributed by atoms with E-state index in [1.807, 2.05) is 9.62 Å². The summed E-state index contributed by atoms with van der Waals surface area (Å²) in [6.45, 7) is 0.538. The smallest absolute Gasteiger partial charge is 0.323 e. The normalized spacial score (nSPS) is 16.3. The minimum atomic E-state index is -4.25. The van der Waals surface area contributed by atoms with Gasteiger partial charge in [-0.2, -0.15) is 4.72 Å². The van der Waals surface area contributed by atoms with Crippen molar-refractivity contribution in [3.63, 3.8) is 0 Å². The largest absolute Gasteiger partial charge is 0.508 e. The van der Waals surface area contributed by atoms with Crippen LogP contribution in [-0.2, 0) is 14.8 Å². The Morgan fingerprint density at radius 1 is 1.13 bits per heavy atom. The van der Waals surface area contributed by atoms with E-state index in [1.165, 1.54) is 12.1 Å². The number of halogens is 1. The van der Waals surface area contributed by atoms with E-state index in [1.54, 1.807) is 18.5 Å². The number of carboxylic acid groups (broad SMARTS) is 1. The van der Waals surface area contributed by atoms with Gasteiger partial charge >= 0.3 is 5.97 Å². The number of benzene rings is 2. The zero-order chi connectivity index (χ0) is 28.0. The summed E-state index contributed by atoms with van der Waals surface area (Å²) in [5.41, 5.74) is 0.267. The molecule has 3 aromatic rings. The quantitative estimate of drug-likeness (QED) is 0.246. The number of phenolic OH excluding ortho intramolecular Hbond substituents is 1. The van der Waals surface area contributed by atoms with Gasteiger partial charge in [0.1, 0.15) is 17.6 Å². The highest BCUT2D eigenvalue weighted by atomic mass is 32.2. The monoisotopic (exact) mass is 558 g/mol. The molecule has 0 bridgehead atoms. The highest BCUT2D eigenvalue weighted by Crippen LogP contribution is 2.25. The first-order valence-corrected chi connectivity index (χ1v) is 13.5. The summed E-state index contributed by atoms with van der Waals surface area (Å²) in [5, 5.41) is 24.4. The van der Waals surface area contributed by atoms with Gasteiger partial charge in [-0.05, 0) is 61.4 Å². The summed E-state index contributed by atoms with van der Waals surface area (Å²) in [6.07, 6.45) is 4.92. The van der Waals surface area contributed by atoms with Gasteiger partial charge in [-0.15, -0.1) is 0 Å².